The molecule has 0 radical (unpaired) electrons. The molecular weight excluding hydrogens is 677 g/mol. The third-order valence-electron chi connectivity index (χ3n) is 14.0. The van der Waals surface area contributed by atoms with Crippen molar-refractivity contribution in [1.29, 1.82) is 0 Å². The van der Waals surface area contributed by atoms with Crippen molar-refractivity contribution < 1.29 is 41.2 Å². The van der Waals surface area contributed by atoms with E-state index in [0.717, 1.165) is 32.1 Å². The number of carbonyl (C=O) groups is 5. The maximum absolute atomic E-state index is 15.0. The fraction of sp³-hybridized carbons (Fsp3) is 0.875. The van der Waals surface area contributed by atoms with E-state index in [0.29, 0.717) is 45.1 Å². The van der Waals surface area contributed by atoms with Gasteiger partial charge in [-0.1, -0.05) is 46.0 Å². The molecule has 0 aromatic carbocycles. The summed E-state index contributed by atoms with van der Waals surface area (Å²) < 4.78 is 56.2. The van der Waals surface area contributed by atoms with Gasteiger partial charge in [0.05, 0.1) is 17.0 Å². The van der Waals surface area contributed by atoms with Crippen molar-refractivity contribution >= 4 is 38.9 Å². The number of carbonyl (C=O) groups excluding carboxylic acids is 5. The molecule has 3 saturated carbocycles. The molecule has 8 nitrogen and oxygen atoms in total. The summed E-state index contributed by atoms with van der Waals surface area (Å²) in [4.78, 5) is 70.9. The normalized spacial score (nSPS) is 35.1. The zero-order valence-corrected chi connectivity index (χ0v) is 31.6. The second-order valence-corrected chi connectivity index (χ2v) is 20.4. The first-order valence-electron chi connectivity index (χ1n) is 20.1. The third-order valence-corrected chi connectivity index (χ3v) is 16.5. The summed E-state index contributed by atoms with van der Waals surface area (Å²) in [5.74, 6) is -6.06. The van der Waals surface area contributed by atoms with Crippen LogP contribution in [0.3, 0.4) is 0 Å². The zero-order valence-electron chi connectivity index (χ0n) is 30.8. The van der Waals surface area contributed by atoms with Gasteiger partial charge in [-0.25, -0.2) is 17.2 Å². The smallest absolute Gasteiger partial charge is 0.248 e. The highest BCUT2D eigenvalue weighted by Crippen LogP contribution is 2.65. The van der Waals surface area contributed by atoms with Crippen LogP contribution in [0.4, 0.5) is 8.78 Å². The fourth-order valence-electron chi connectivity index (χ4n) is 10.8. The van der Waals surface area contributed by atoms with Crippen LogP contribution in [0.5, 0.6) is 0 Å². The molecular formula is C40H59F2NO7S. The van der Waals surface area contributed by atoms with Crippen LogP contribution in [-0.4, -0.2) is 71.9 Å². The van der Waals surface area contributed by atoms with Crippen molar-refractivity contribution in [1.82, 2.24) is 4.90 Å². The summed E-state index contributed by atoms with van der Waals surface area (Å²) in [7, 11) is -3.32. The lowest BCUT2D eigenvalue weighted by atomic mass is 9.67. The van der Waals surface area contributed by atoms with Crippen LogP contribution in [0.2, 0.25) is 0 Å². The number of alkyl halides is 2. The van der Waals surface area contributed by atoms with Gasteiger partial charge in [0.2, 0.25) is 17.6 Å². The van der Waals surface area contributed by atoms with Crippen molar-refractivity contribution in [3.8, 4) is 0 Å². The predicted octanol–water partition coefficient (Wildman–Crippen LogP) is 7.25. The van der Waals surface area contributed by atoms with Crippen molar-refractivity contribution in [3.63, 3.8) is 0 Å². The summed E-state index contributed by atoms with van der Waals surface area (Å²) in [6, 6.07) is -0.755. The van der Waals surface area contributed by atoms with Crippen molar-refractivity contribution in [2.24, 2.45) is 40.4 Å². The van der Waals surface area contributed by atoms with Crippen LogP contribution in [-0.2, 0) is 33.8 Å². The average Bonchev–Trinajstić information content (AvgIpc) is 3.85. The second-order valence-electron chi connectivity index (χ2n) is 18.1. The minimum absolute atomic E-state index is 0.0844. The second kappa shape index (κ2) is 15.0. The van der Waals surface area contributed by atoms with E-state index < -0.39 is 55.9 Å². The highest BCUT2D eigenvalue weighted by Gasteiger charge is 2.69. The van der Waals surface area contributed by atoms with Crippen LogP contribution >= 0.6 is 0 Å². The van der Waals surface area contributed by atoms with E-state index >= 15 is 0 Å². The third kappa shape index (κ3) is 8.53. The Morgan fingerprint density at radius 2 is 1.45 bits per heavy atom. The number of halogens is 2. The molecule has 3 heterocycles. The summed E-state index contributed by atoms with van der Waals surface area (Å²) in [6.45, 7) is 4.53. The van der Waals surface area contributed by atoms with Crippen LogP contribution in [0, 0.1) is 40.4 Å². The minimum Gasteiger partial charge on any atom is -0.332 e. The molecule has 0 aromatic rings. The summed E-state index contributed by atoms with van der Waals surface area (Å²) >= 11 is 0. The molecule has 0 spiro atoms. The molecule has 3 saturated heterocycles. The Bertz CT molecular complexity index is 1480. The van der Waals surface area contributed by atoms with Gasteiger partial charge in [-0.2, -0.15) is 0 Å². The van der Waals surface area contributed by atoms with Gasteiger partial charge in [0.1, 0.15) is 5.78 Å². The quantitative estimate of drug-likeness (QED) is 0.229. The van der Waals surface area contributed by atoms with Gasteiger partial charge in [0.15, 0.2) is 21.4 Å². The molecule has 51 heavy (non-hydrogen) atoms. The standard InChI is InChI=1S/C40H59F2NO7S/c1-38(2)30-25-43-35(34(30)38)31(45)23-27(36(47)32(46)21-26-14-15-26)11-4-8-18-40(41,42)19-9-5-12-28(37(43)48)22-29(44)24-39(16-6-3-7-17-39)33-13-10-20-51(33,49)50/h26-28,30,33-35H,3-25H2,1-2H3/t27-,28-,30+,33?,34+,35-/m1/s1. The van der Waals surface area contributed by atoms with Crippen molar-refractivity contribution in [2.45, 2.75) is 166 Å². The molecule has 1 unspecified atom stereocenters. The number of hydrogen-bond donors (Lipinski definition) is 0. The molecule has 11 heteroatoms. The van der Waals surface area contributed by atoms with E-state index in [-0.39, 0.29) is 111 Å². The highest BCUT2D eigenvalue weighted by atomic mass is 32.2. The Labute approximate surface area is 302 Å². The molecule has 0 aromatic heterocycles. The highest BCUT2D eigenvalue weighted by molar-refractivity contribution is 7.92. The van der Waals surface area contributed by atoms with Gasteiger partial charge < -0.3 is 4.90 Å². The van der Waals surface area contributed by atoms with E-state index in [4.69, 9.17) is 0 Å². The number of ketones is 4. The van der Waals surface area contributed by atoms with Gasteiger partial charge in [-0.15, -0.1) is 0 Å². The maximum Gasteiger partial charge on any atom is 0.248 e. The van der Waals surface area contributed by atoms with Crippen molar-refractivity contribution in [2.75, 3.05) is 12.3 Å². The van der Waals surface area contributed by atoms with E-state index in [1.165, 1.54) is 0 Å². The maximum atomic E-state index is 15.0. The lowest BCUT2D eigenvalue weighted by Crippen LogP contribution is -2.49. The first-order valence-corrected chi connectivity index (χ1v) is 21.8. The van der Waals surface area contributed by atoms with E-state index in [1.54, 1.807) is 4.90 Å². The molecule has 6 rings (SSSR count). The van der Waals surface area contributed by atoms with E-state index in [1.807, 2.05) is 0 Å². The van der Waals surface area contributed by atoms with Crippen LogP contribution < -0.4 is 0 Å². The first-order chi connectivity index (χ1) is 24.0. The molecule has 286 valence electrons. The number of amides is 1. The molecule has 0 bridgehead atoms. The Hall–Kier alpha value is -2.04. The summed E-state index contributed by atoms with van der Waals surface area (Å²) in [5.41, 5.74) is -0.805. The van der Waals surface area contributed by atoms with Gasteiger partial charge in [-0.3, -0.25) is 24.0 Å². The summed E-state index contributed by atoms with van der Waals surface area (Å²) in [6.07, 6.45) is 7.74. The molecule has 6 atom stereocenters. The number of sulfone groups is 1. The van der Waals surface area contributed by atoms with Crippen LogP contribution in [0.1, 0.15) is 149 Å². The Morgan fingerprint density at radius 1 is 0.804 bits per heavy atom. The Kier molecular flexibility index (Phi) is 11.4. The number of fused-ring (bicyclic) bond motifs is 3. The number of piperidine rings is 1. The molecule has 6 aliphatic rings. The SMILES string of the molecule is CC1(C)[C@@H]2[C@H]3C(=O)C[C@H](C(=O)C(=O)CC4CC4)CCCCC(F)(F)CCCC[C@H](CC(=O)CC4(C5CCCS5(=O)=O)CCCCC4)C(=O)N3C[C@@H]21. The predicted molar refractivity (Wildman–Crippen MR) is 189 cm³/mol. The van der Waals surface area contributed by atoms with Crippen molar-refractivity contribution in [3.05, 3.63) is 0 Å². The lowest BCUT2D eigenvalue weighted by molar-refractivity contribution is -0.146. The molecule has 3 aliphatic heterocycles. The number of rotatable bonds is 9. The van der Waals surface area contributed by atoms with Crippen LogP contribution in [0.15, 0.2) is 0 Å². The first kappa shape index (κ1) is 38.7. The largest absolute Gasteiger partial charge is 0.332 e. The number of nitrogens with zero attached hydrogens (tertiary/aromatic N) is 1. The Morgan fingerprint density at radius 3 is 2.08 bits per heavy atom. The molecule has 0 N–H and O–H groups in total. The topological polar surface area (TPSA) is 123 Å². The van der Waals surface area contributed by atoms with Gasteiger partial charge >= 0.3 is 0 Å². The minimum atomic E-state index is -3.32. The molecule has 1 amide bonds. The summed E-state index contributed by atoms with van der Waals surface area (Å²) in [5, 5.41) is -0.550. The fourth-order valence-corrected chi connectivity index (χ4v) is 13.3. The zero-order chi connectivity index (χ0) is 36.8. The monoisotopic (exact) mass is 735 g/mol. The van der Waals surface area contributed by atoms with Gasteiger partial charge in [0.25, 0.3) is 0 Å². The lowest BCUT2D eigenvalue weighted by Gasteiger charge is -2.41. The molecule has 3 aliphatic carbocycles. The van der Waals surface area contributed by atoms with Crippen LogP contribution in [0.25, 0.3) is 0 Å². The average molecular weight is 736 g/mol. The number of Topliss-reactive ketones (excluding diaryl/α,β-unsaturated/α-hetero) is 4. The van der Waals surface area contributed by atoms with E-state index in [2.05, 4.69) is 13.8 Å². The van der Waals surface area contributed by atoms with Gasteiger partial charge in [0, 0.05) is 56.9 Å². The van der Waals surface area contributed by atoms with E-state index in [9.17, 15) is 41.2 Å². The van der Waals surface area contributed by atoms with Gasteiger partial charge in [-0.05, 0) is 92.8 Å². The Balaban J connectivity index is 1.24. The molecule has 6 fully saturated rings. The number of hydrogen-bond acceptors (Lipinski definition) is 7.